The summed E-state index contributed by atoms with van der Waals surface area (Å²) in [6, 6.07) is 0.551. The minimum absolute atomic E-state index is 0.155. The van der Waals surface area contributed by atoms with Crippen LogP contribution < -0.4 is 5.32 Å². The van der Waals surface area contributed by atoms with E-state index in [2.05, 4.69) is 24.1 Å². The molecule has 0 saturated carbocycles. The van der Waals surface area contributed by atoms with Crippen molar-refractivity contribution in [3.8, 4) is 0 Å². The summed E-state index contributed by atoms with van der Waals surface area (Å²) in [7, 11) is 1.47. The number of hydrogen-bond donors (Lipinski definition) is 1. The monoisotopic (exact) mass is 270 g/mol. The van der Waals surface area contributed by atoms with Crippen LogP contribution in [0.3, 0.4) is 0 Å². The van der Waals surface area contributed by atoms with Crippen molar-refractivity contribution in [1.82, 2.24) is 10.2 Å². The van der Waals surface area contributed by atoms with E-state index < -0.39 is 5.54 Å². The number of likely N-dealkylation sites (tertiary alicyclic amines) is 1. The lowest BCUT2D eigenvalue weighted by molar-refractivity contribution is -0.149. The minimum Gasteiger partial charge on any atom is -0.468 e. The van der Waals surface area contributed by atoms with Crippen molar-refractivity contribution < 1.29 is 9.53 Å². The Kier molecular flexibility index (Phi) is 6.80. The minimum atomic E-state index is -0.594. The number of nitrogens with one attached hydrogen (secondary N) is 1. The van der Waals surface area contributed by atoms with Crippen LogP contribution in [-0.2, 0) is 9.53 Å². The Hall–Kier alpha value is -0.610. The van der Waals surface area contributed by atoms with Crippen LogP contribution in [0.15, 0.2) is 0 Å². The number of hydrogen-bond acceptors (Lipinski definition) is 4. The first-order chi connectivity index (χ1) is 9.03. The van der Waals surface area contributed by atoms with Gasteiger partial charge in [-0.1, -0.05) is 19.8 Å². The van der Waals surface area contributed by atoms with Crippen molar-refractivity contribution in [3.05, 3.63) is 0 Å². The van der Waals surface area contributed by atoms with Gasteiger partial charge in [0.15, 0.2) is 0 Å². The molecular formula is C15H30N2O2. The van der Waals surface area contributed by atoms with Crippen LogP contribution in [0.5, 0.6) is 0 Å². The van der Waals surface area contributed by atoms with Crippen LogP contribution in [0.1, 0.15) is 52.9 Å². The fourth-order valence-corrected chi connectivity index (χ4v) is 2.79. The molecule has 1 aliphatic rings. The van der Waals surface area contributed by atoms with Gasteiger partial charge in [0.2, 0.25) is 0 Å². The highest BCUT2D eigenvalue weighted by molar-refractivity contribution is 5.80. The van der Waals surface area contributed by atoms with Gasteiger partial charge in [0.1, 0.15) is 5.54 Å². The number of carbonyl (C=O) groups excluding carboxylic acids is 1. The molecule has 0 spiro atoms. The molecule has 0 aliphatic carbocycles. The number of carbonyl (C=O) groups is 1. The molecule has 0 bridgehead atoms. The number of ether oxygens (including phenoxy) is 1. The topological polar surface area (TPSA) is 41.6 Å². The molecule has 1 aliphatic heterocycles. The van der Waals surface area contributed by atoms with E-state index in [0.717, 1.165) is 26.1 Å². The third-order valence-corrected chi connectivity index (χ3v) is 4.11. The molecule has 0 aromatic rings. The van der Waals surface area contributed by atoms with Crippen LogP contribution in [0.4, 0.5) is 0 Å². The summed E-state index contributed by atoms with van der Waals surface area (Å²) in [4.78, 5) is 14.5. The molecule has 2 atom stereocenters. The van der Waals surface area contributed by atoms with Crippen molar-refractivity contribution in [1.29, 1.82) is 0 Å². The van der Waals surface area contributed by atoms with Gasteiger partial charge in [0, 0.05) is 12.6 Å². The second-order valence-electron chi connectivity index (χ2n) is 5.92. The highest BCUT2D eigenvalue weighted by Gasteiger charge is 2.36. The summed E-state index contributed by atoms with van der Waals surface area (Å²) in [5, 5.41) is 3.37. The van der Waals surface area contributed by atoms with Gasteiger partial charge >= 0.3 is 5.97 Å². The summed E-state index contributed by atoms with van der Waals surface area (Å²) in [6.07, 6.45) is 6.08. The number of nitrogens with zero attached hydrogens (tertiary/aromatic N) is 1. The van der Waals surface area contributed by atoms with Crippen LogP contribution in [0, 0.1) is 0 Å². The maximum atomic E-state index is 12.1. The average Bonchev–Trinajstić information content (AvgIpc) is 2.61. The van der Waals surface area contributed by atoms with E-state index in [4.69, 9.17) is 4.74 Å². The molecule has 1 rings (SSSR count). The van der Waals surface area contributed by atoms with Crippen LogP contribution in [-0.4, -0.2) is 49.2 Å². The Bertz CT molecular complexity index is 283. The molecule has 0 radical (unpaired) electrons. The number of rotatable bonds is 6. The van der Waals surface area contributed by atoms with Gasteiger partial charge in [0.05, 0.1) is 7.11 Å². The zero-order valence-corrected chi connectivity index (χ0v) is 13.0. The molecule has 4 nitrogen and oxygen atoms in total. The van der Waals surface area contributed by atoms with Crippen molar-refractivity contribution >= 4 is 5.97 Å². The number of methoxy groups -OCH3 is 1. The highest BCUT2D eigenvalue weighted by atomic mass is 16.5. The molecule has 0 aromatic heterocycles. The molecule has 1 fully saturated rings. The van der Waals surface area contributed by atoms with E-state index in [1.807, 2.05) is 6.92 Å². The van der Waals surface area contributed by atoms with E-state index in [1.165, 1.54) is 32.8 Å². The van der Waals surface area contributed by atoms with Crippen molar-refractivity contribution in [2.45, 2.75) is 64.5 Å². The van der Waals surface area contributed by atoms with Crippen LogP contribution >= 0.6 is 0 Å². The largest absolute Gasteiger partial charge is 0.468 e. The Labute approximate surface area is 117 Å². The average molecular weight is 270 g/mol. The molecule has 0 amide bonds. The van der Waals surface area contributed by atoms with Gasteiger partial charge in [-0.25, -0.2) is 0 Å². The first-order valence-electron chi connectivity index (χ1n) is 7.61. The Morgan fingerprint density at radius 3 is 2.79 bits per heavy atom. The zero-order valence-electron chi connectivity index (χ0n) is 13.0. The first kappa shape index (κ1) is 16.4. The van der Waals surface area contributed by atoms with Gasteiger partial charge in [-0.2, -0.15) is 0 Å². The summed E-state index contributed by atoms with van der Waals surface area (Å²) < 4.78 is 4.99. The lowest BCUT2D eigenvalue weighted by Gasteiger charge is -2.36. The number of esters is 1. The Morgan fingerprint density at radius 1 is 1.42 bits per heavy atom. The third kappa shape index (κ3) is 4.77. The van der Waals surface area contributed by atoms with Crippen molar-refractivity contribution in [2.75, 3.05) is 26.7 Å². The second-order valence-corrected chi connectivity index (χ2v) is 5.92. The quantitative estimate of drug-likeness (QED) is 0.751. The molecule has 112 valence electrons. The SMILES string of the molecule is CCCNC(C)(CN1CCCCCC1C)C(=O)OC. The standard InChI is InChI=1S/C15H30N2O2/c1-5-10-16-15(3,14(18)19-4)12-17-11-8-6-7-9-13(17)2/h13,16H,5-12H2,1-4H3. The van der Waals surface area contributed by atoms with E-state index in [0.29, 0.717) is 6.04 Å². The smallest absolute Gasteiger partial charge is 0.327 e. The highest BCUT2D eigenvalue weighted by Crippen LogP contribution is 2.19. The fraction of sp³-hybridized carbons (Fsp3) is 0.933. The molecule has 19 heavy (non-hydrogen) atoms. The van der Waals surface area contributed by atoms with Gasteiger partial charge in [-0.15, -0.1) is 0 Å². The van der Waals surface area contributed by atoms with Crippen LogP contribution in [0.2, 0.25) is 0 Å². The summed E-state index contributed by atoms with van der Waals surface area (Å²) in [5.74, 6) is -0.155. The summed E-state index contributed by atoms with van der Waals surface area (Å²) in [6.45, 7) is 9.00. The van der Waals surface area contributed by atoms with Crippen molar-refractivity contribution in [2.24, 2.45) is 0 Å². The van der Waals surface area contributed by atoms with Crippen molar-refractivity contribution in [3.63, 3.8) is 0 Å². The van der Waals surface area contributed by atoms with Gasteiger partial charge in [-0.05, 0) is 46.2 Å². The Balaban J connectivity index is 2.71. The predicted octanol–water partition coefficient (Wildman–Crippen LogP) is 2.18. The maximum Gasteiger partial charge on any atom is 0.327 e. The predicted molar refractivity (Wildman–Crippen MR) is 78.2 cm³/mol. The molecule has 1 saturated heterocycles. The van der Waals surface area contributed by atoms with Crippen LogP contribution in [0.25, 0.3) is 0 Å². The van der Waals surface area contributed by atoms with E-state index >= 15 is 0 Å². The van der Waals surface area contributed by atoms with Gasteiger partial charge < -0.3 is 10.1 Å². The normalized spacial score (nSPS) is 24.5. The van der Waals surface area contributed by atoms with E-state index in [9.17, 15) is 4.79 Å². The van der Waals surface area contributed by atoms with Gasteiger partial charge in [-0.3, -0.25) is 9.69 Å². The zero-order chi connectivity index (χ0) is 14.3. The fourth-order valence-electron chi connectivity index (χ4n) is 2.79. The van der Waals surface area contributed by atoms with Gasteiger partial charge in [0.25, 0.3) is 0 Å². The molecule has 0 aromatic carbocycles. The molecular weight excluding hydrogens is 240 g/mol. The lowest BCUT2D eigenvalue weighted by Crippen LogP contribution is -2.58. The molecule has 1 N–H and O–H groups in total. The lowest BCUT2D eigenvalue weighted by atomic mass is 10.00. The first-order valence-corrected chi connectivity index (χ1v) is 7.61. The molecule has 4 heteroatoms. The third-order valence-electron chi connectivity index (χ3n) is 4.11. The summed E-state index contributed by atoms with van der Waals surface area (Å²) in [5.41, 5.74) is -0.594. The maximum absolute atomic E-state index is 12.1. The van der Waals surface area contributed by atoms with E-state index in [1.54, 1.807) is 0 Å². The Morgan fingerprint density at radius 2 is 2.16 bits per heavy atom. The second kappa shape index (κ2) is 7.85. The summed E-state index contributed by atoms with van der Waals surface area (Å²) >= 11 is 0. The molecule has 2 unspecified atom stereocenters. The van der Waals surface area contributed by atoms with E-state index in [-0.39, 0.29) is 5.97 Å². The molecule has 1 heterocycles.